The summed E-state index contributed by atoms with van der Waals surface area (Å²) < 4.78 is 0. The first-order valence-corrected chi connectivity index (χ1v) is 6.42. The Bertz CT molecular complexity index is 485. The molecule has 2 nitrogen and oxygen atoms in total. The fourth-order valence-electron chi connectivity index (χ4n) is 1.89. The van der Waals surface area contributed by atoms with Crippen LogP contribution in [0.2, 0.25) is 5.02 Å². The number of hydrogen-bond acceptors (Lipinski definition) is 2. The van der Waals surface area contributed by atoms with Gasteiger partial charge in [-0.2, -0.15) is 0 Å². The Hall–Kier alpha value is -1.51. The van der Waals surface area contributed by atoms with Gasteiger partial charge in [0.15, 0.2) is 0 Å². The second-order valence-corrected chi connectivity index (χ2v) is 4.65. The molecule has 0 spiro atoms. The van der Waals surface area contributed by atoms with Gasteiger partial charge in [-0.25, -0.2) is 0 Å². The fraction of sp³-hybridized carbons (Fsp3) is 0.200. The summed E-state index contributed by atoms with van der Waals surface area (Å²) in [5.74, 6) is 0. The van der Waals surface area contributed by atoms with Crippen LogP contribution < -0.4 is 11.1 Å². The van der Waals surface area contributed by atoms with Gasteiger partial charge < -0.3 is 11.1 Å². The van der Waals surface area contributed by atoms with Crippen LogP contribution in [0.5, 0.6) is 0 Å². The van der Waals surface area contributed by atoms with E-state index < -0.39 is 0 Å². The van der Waals surface area contributed by atoms with Crippen molar-refractivity contribution in [2.75, 3.05) is 11.9 Å². The van der Waals surface area contributed by atoms with E-state index in [4.69, 9.17) is 17.3 Å². The topological polar surface area (TPSA) is 38.0 Å². The van der Waals surface area contributed by atoms with Crippen molar-refractivity contribution < 1.29 is 0 Å². The standard InChI is InChI=1S/C15H17ClN2/c16-14-8-4-5-9-15(14)18-13(11-17)10-12-6-2-1-3-7-12/h1-9,13,18H,10-11,17H2. The first kappa shape index (κ1) is 12.9. The van der Waals surface area contributed by atoms with Crippen LogP contribution in [0.4, 0.5) is 5.69 Å². The Morgan fingerprint density at radius 1 is 1.00 bits per heavy atom. The van der Waals surface area contributed by atoms with Gasteiger partial charge in [-0.3, -0.25) is 0 Å². The zero-order valence-electron chi connectivity index (χ0n) is 10.1. The van der Waals surface area contributed by atoms with E-state index in [1.54, 1.807) is 0 Å². The molecule has 0 heterocycles. The molecule has 18 heavy (non-hydrogen) atoms. The lowest BCUT2D eigenvalue weighted by atomic mass is 10.1. The van der Waals surface area contributed by atoms with Gasteiger partial charge in [-0.05, 0) is 24.1 Å². The molecule has 0 saturated heterocycles. The summed E-state index contributed by atoms with van der Waals surface area (Å²) >= 11 is 6.12. The smallest absolute Gasteiger partial charge is 0.0637 e. The molecular weight excluding hydrogens is 244 g/mol. The number of halogens is 1. The molecule has 3 N–H and O–H groups in total. The van der Waals surface area contributed by atoms with Gasteiger partial charge in [-0.1, -0.05) is 54.1 Å². The fourth-order valence-corrected chi connectivity index (χ4v) is 2.08. The maximum atomic E-state index is 6.12. The number of nitrogens with two attached hydrogens (primary N) is 1. The monoisotopic (exact) mass is 260 g/mol. The van der Waals surface area contributed by atoms with Gasteiger partial charge in [0, 0.05) is 12.6 Å². The van der Waals surface area contributed by atoms with Crippen LogP contribution in [-0.4, -0.2) is 12.6 Å². The molecule has 0 fully saturated rings. The van der Waals surface area contributed by atoms with Crippen molar-refractivity contribution in [2.45, 2.75) is 12.5 Å². The van der Waals surface area contributed by atoms with Crippen LogP contribution in [-0.2, 0) is 6.42 Å². The first-order valence-electron chi connectivity index (χ1n) is 6.04. The second kappa shape index (κ2) is 6.43. The molecular formula is C15H17ClN2. The summed E-state index contributed by atoms with van der Waals surface area (Å²) in [4.78, 5) is 0. The van der Waals surface area contributed by atoms with E-state index in [0.717, 1.165) is 17.1 Å². The van der Waals surface area contributed by atoms with Gasteiger partial charge in [0.25, 0.3) is 0 Å². The highest BCUT2D eigenvalue weighted by Gasteiger charge is 2.09. The summed E-state index contributed by atoms with van der Waals surface area (Å²) in [5.41, 5.74) is 8.02. The summed E-state index contributed by atoms with van der Waals surface area (Å²) in [5, 5.41) is 4.11. The van der Waals surface area contributed by atoms with Crippen LogP contribution in [0.1, 0.15) is 5.56 Å². The molecule has 0 radical (unpaired) electrons. The highest BCUT2D eigenvalue weighted by Crippen LogP contribution is 2.21. The molecule has 0 amide bonds. The van der Waals surface area contributed by atoms with Crippen molar-refractivity contribution in [1.82, 2.24) is 0 Å². The molecule has 2 aromatic carbocycles. The molecule has 0 aliphatic rings. The predicted octanol–water partition coefficient (Wildman–Crippen LogP) is 3.32. The zero-order chi connectivity index (χ0) is 12.8. The van der Waals surface area contributed by atoms with E-state index in [2.05, 4.69) is 17.4 Å². The number of para-hydroxylation sites is 1. The molecule has 3 heteroatoms. The lowest BCUT2D eigenvalue weighted by Crippen LogP contribution is -2.31. The molecule has 1 unspecified atom stereocenters. The first-order chi connectivity index (χ1) is 8.79. The molecule has 2 aromatic rings. The van der Waals surface area contributed by atoms with Crippen LogP contribution in [0, 0.1) is 0 Å². The summed E-state index contributed by atoms with van der Waals surface area (Å²) in [6.07, 6.45) is 0.891. The van der Waals surface area contributed by atoms with Crippen molar-refractivity contribution in [3.63, 3.8) is 0 Å². The van der Waals surface area contributed by atoms with Crippen LogP contribution in [0.15, 0.2) is 54.6 Å². The van der Waals surface area contributed by atoms with E-state index in [0.29, 0.717) is 6.54 Å². The third-order valence-corrected chi connectivity index (χ3v) is 3.17. The average Bonchev–Trinajstić information content (AvgIpc) is 2.41. The normalized spacial score (nSPS) is 12.1. The number of anilines is 1. The number of rotatable bonds is 5. The maximum Gasteiger partial charge on any atom is 0.0637 e. The Morgan fingerprint density at radius 3 is 2.33 bits per heavy atom. The SMILES string of the molecule is NCC(Cc1ccccc1)Nc1ccccc1Cl. The third kappa shape index (κ3) is 3.49. The lowest BCUT2D eigenvalue weighted by molar-refractivity contribution is 0.724. The quantitative estimate of drug-likeness (QED) is 0.866. The van der Waals surface area contributed by atoms with Crippen LogP contribution in [0.3, 0.4) is 0 Å². The largest absolute Gasteiger partial charge is 0.380 e. The summed E-state index contributed by atoms with van der Waals surface area (Å²) in [6.45, 7) is 0.570. The average molecular weight is 261 g/mol. The number of nitrogens with one attached hydrogen (secondary N) is 1. The minimum atomic E-state index is 0.187. The van der Waals surface area contributed by atoms with E-state index in [-0.39, 0.29) is 6.04 Å². The number of benzene rings is 2. The molecule has 0 aliphatic carbocycles. The van der Waals surface area contributed by atoms with Crippen molar-refractivity contribution >= 4 is 17.3 Å². The molecule has 0 saturated carbocycles. The Labute approximate surface area is 113 Å². The van der Waals surface area contributed by atoms with Gasteiger partial charge >= 0.3 is 0 Å². The third-order valence-electron chi connectivity index (χ3n) is 2.84. The van der Waals surface area contributed by atoms with Gasteiger partial charge in [-0.15, -0.1) is 0 Å². The highest BCUT2D eigenvalue weighted by atomic mass is 35.5. The Morgan fingerprint density at radius 2 is 1.67 bits per heavy atom. The molecule has 2 rings (SSSR count). The Kier molecular flexibility index (Phi) is 4.62. The zero-order valence-corrected chi connectivity index (χ0v) is 10.9. The molecule has 0 aliphatic heterocycles. The Balaban J connectivity index is 2.04. The minimum absolute atomic E-state index is 0.187. The van der Waals surface area contributed by atoms with Crippen molar-refractivity contribution in [3.8, 4) is 0 Å². The van der Waals surface area contributed by atoms with Gasteiger partial charge in [0.1, 0.15) is 0 Å². The molecule has 94 valence electrons. The van der Waals surface area contributed by atoms with Crippen LogP contribution in [0.25, 0.3) is 0 Å². The summed E-state index contributed by atoms with van der Waals surface area (Å²) in [7, 11) is 0. The van der Waals surface area contributed by atoms with E-state index in [9.17, 15) is 0 Å². The van der Waals surface area contributed by atoms with Crippen LogP contribution >= 0.6 is 11.6 Å². The van der Waals surface area contributed by atoms with Crippen molar-refractivity contribution in [2.24, 2.45) is 5.73 Å². The summed E-state index contributed by atoms with van der Waals surface area (Å²) in [6, 6.07) is 18.2. The molecule has 1 atom stereocenters. The maximum absolute atomic E-state index is 6.12. The molecule has 0 aromatic heterocycles. The van der Waals surface area contributed by atoms with Gasteiger partial charge in [0.2, 0.25) is 0 Å². The lowest BCUT2D eigenvalue weighted by Gasteiger charge is -2.19. The van der Waals surface area contributed by atoms with Crippen molar-refractivity contribution in [1.29, 1.82) is 0 Å². The minimum Gasteiger partial charge on any atom is -0.380 e. The van der Waals surface area contributed by atoms with Crippen molar-refractivity contribution in [3.05, 3.63) is 65.2 Å². The van der Waals surface area contributed by atoms with Gasteiger partial charge in [0.05, 0.1) is 10.7 Å². The van der Waals surface area contributed by atoms with E-state index >= 15 is 0 Å². The highest BCUT2D eigenvalue weighted by molar-refractivity contribution is 6.33. The number of hydrogen-bond donors (Lipinski definition) is 2. The van der Waals surface area contributed by atoms with E-state index in [1.165, 1.54) is 5.56 Å². The predicted molar refractivity (Wildman–Crippen MR) is 78.1 cm³/mol. The second-order valence-electron chi connectivity index (χ2n) is 4.25. The van der Waals surface area contributed by atoms with E-state index in [1.807, 2.05) is 42.5 Å². The molecule has 0 bridgehead atoms.